The van der Waals surface area contributed by atoms with Gasteiger partial charge in [0.1, 0.15) is 18.0 Å². The second-order valence-electron chi connectivity index (χ2n) is 5.67. The van der Waals surface area contributed by atoms with Gasteiger partial charge in [-0.25, -0.2) is 8.42 Å². The molecule has 0 fully saturated rings. The maximum Gasteiger partial charge on any atom is 0.241 e. The molecule has 7 nitrogen and oxygen atoms in total. The highest BCUT2D eigenvalue weighted by Crippen LogP contribution is 2.32. The third kappa shape index (κ3) is 5.51. The van der Waals surface area contributed by atoms with Gasteiger partial charge in [-0.05, 0) is 24.3 Å². The molecule has 146 valence electrons. The molecule has 1 N–H and O–H groups in total. The summed E-state index contributed by atoms with van der Waals surface area (Å²) in [6.45, 7) is -0.211. The summed E-state index contributed by atoms with van der Waals surface area (Å²) in [5.74, 6) is 0.449. The molecule has 0 spiro atoms. The van der Waals surface area contributed by atoms with Crippen molar-refractivity contribution >= 4 is 33.2 Å². The molecule has 0 unspecified atom stereocenters. The molecular weight excluding hydrogens is 392 g/mol. The standard InChI is InChI=1S/C18H21ClN2O5S/c1-25-16-7-5-4-6-13(16)11-20-18(22)12-21(27(3,23)24)15-10-14(19)8-9-17(15)26-2/h4-10H,11-12H2,1-3H3,(H,20,22). The quantitative estimate of drug-likeness (QED) is 0.719. The van der Waals surface area contributed by atoms with E-state index in [4.69, 9.17) is 21.1 Å². The molecular formula is C18H21ClN2O5S. The van der Waals surface area contributed by atoms with E-state index in [0.29, 0.717) is 16.5 Å². The number of hydrogen-bond acceptors (Lipinski definition) is 5. The van der Waals surface area contributed by atoms with Gasteiger partial charge in [-0.3, -0.25) is 9.10 Å². The highest BCUT2D eigenvalue weighted by Gasteiger charge is 2.24. The maximum atomic E-state index is 12.4. The first-order chi connectivity index (χ1) is 12.8. The van der Waals surface area contributed by atoms with Crippen LogP contribution in [0.1, 0.15) is 5.56 Å². The van der Waals surface area contributed by atoms with Crippen LogP contribution < -0.4 is 19.1 Å². The van der Waals surface area contributed by atoms with Crippen molar-refractivity contribution in [1.82, 2.24) is 5.32 Å². The Morgan fingerprint density at radius 3 is 2.41 bits per heavy atom. The number of carbonyl (C=O) groups is 1. The number of para-hydroxylation sites is 1. The number of halogens is 1. The van der Waals surface area contributed by atoms with Crippen LogP contribution in [-0.4, -0.2) is 41.3 Å². The molecule has 0 aliphatic rings. The van der Waals surface area contributed by atoms with Gasteiger partial charge in [0.15, 0.2) is 0 Å². The fourth-order valence-electron chi connectivity index (χ4n) is 2.47. The number of ether oxygens (including phenoxy) is 2. The number of anilines is 1. The molecule has 9 heteroatoms. The van der Waals surface area contributed by atoms with Crippen molar-refractivity contribution in [3.05, 3.63) is 53.1 Å². The molecule has 2 aromatic rings. The Hall–Kier alpha value is -2.45. The van der Waals surface area contributed by atoms with Gasteiger partial charge in [0.05, 0.1) is 26.2 Å². The second kappa shape index (κ2) is 8.96. The van der Waals surface area contributed by atoms with Crippen LogP contribution in [0, 0.1) is 0 Å². The first kappa shape index (κ1) is 20.9. The number of hydrogen-bond donors (Lipinski definition) is 1. The Morgan fingerprint density at radius 2 is 1.78 bits per heavy atom. The van der Waals surface area contributed by atoms with Crippen LogP contribution in [-0.2, 0) is 21.4 Å². The van der Waals surface area contributed by atoms with Gasteiger partial charge in [-0.2, -0.15) is 0 Å². The first-order valence-corrected chi connectivity index (χ1v) is 10.2. The average molecular weight is 413 g/mol. The summed E-state index contributed by atoms with van der Waals surface area (Å²) in [7, 11) is -0.798. The summed E-state index contributed by atoms with van der Waals surface area (Å²) >= 11 is 5.99. The van der Waals surface area contributed by atoms with Gasteiger partial charge >= 0.3 is 0 Å². The second-order valence-corrected chi connectivity index (χ2v) is 8.02. The van der Waals surface area contributed by atoms with Crippen LogP contribution in [0.15, 0.2) is 42.5 Å². The van der Waals surface area contributed by atoms with E-state index in [0.717, 1.165) is 16.1 Å². The van der Waals surface area contributed by atoms with Gasteiger partial charge in [-0.1, -0.05) is 29.8 Å². The number of nitrogens with zero attached hydrogens (tertiary/aromatic N) is 1. The number of carbonyl (C=O) groups excluding carboxylic acids is 1. The summed E-state index contributed by atoms with van der Waals surface area (Å²) in [5, 5.41) is 3.03. The van der Waals surface area contributed by atoms with Crippen LogP contribution in [0.4, 0.5) is 5.69 Å². The molecule has 0 aliphatic carbocycles. The SMILES string of the molecule is COc1ccccc1CNC(=O)CN(c1cc(Cl)ccc1OC)S(C)(=O)=O. The number of sulfonamides is 1. The zero-order valence-electron chi connectivity index (χ0n) is 15.2. The molecule has 2 rings (SSSR count). The van der Waals surface area contributed by atoms with E-state index >= 15 is 0 Å². The van der Waals surface area contributed by atoms with Crippen molar-refractivity contribution in [3.8, 4) is 11.5 Å². The summed E-state index contributed by atoms with van der Waals surface area (Å²) in [6.07, 6.45) is 1.01. The van der Waals surface area contributed by atoms with Crippen LogP contribution in [0.5, 0.6) is 11.5 Å². The predicted molar refractivity (Wildman–Crippen MR) is 105 cm³/mol. The molecule has 27 heavy (non-hydrogen) atoms. The Kier molecular flexibility index (Phi) is 6.92. The minimum atomic E-state index is -3.75. The van der Waals surface area contributed by atoms with E-state index < -0.39 is 22.5 Å². The molecule has 0 aromatic heterocycles. The lowest BCUT2D eigenvalue weighted by Crippen LogP contribution is -2.40. The number of nitrogens with one attached hydrogen (secondary N) is 1. The van der Waals surface area contributed by atoms with E-state index in [1.54, 1.807) is 18.2 Å². The molecule has 0 bridgehead atoms. The number of methoxy groups -OCH3 is 2. The minimum absolute atomic E-state index is 0.194. The topological polar surface area (TPSA) is 84.9 Å². The summed E-state index contributed by atoms with van der Waals surface area (Å²) < 4.78 is 35.9. The fraction of sp³-hybridized carbons (Fsp3) is 0.278. The predicted octanol–water partition coefficient (Wildman–Crippen LogP) is 2.44. The lowest BCUT2D eigenvalue weighted by Gasteiger charge is -2.24. The normalized spacial score (nSPS) is 11.0. The summed E-state index contributed by atoms with van der Waals surface area (Å²) in [4.78, 5) is 12.4. The van der Waals surface area contributed by atoms with E-state index in [9.17, 15) is 13.2 Å². The van der Waals surface area contributed by atoms with Gasteiger partial charge in [0.25, 0.3) is 0 Å². The van der Waals surface area contributed by atoms with Crippen LogP contribution in [0.25, 0.3) is 0 Å². The highest BCUT2D eigenvalue weighted by atomic mass is 35.5. The van der Waals surface area contributed by atoms with E-state index in [1.165, 1.54) is 20.3 Å². The monoisotopic (exact) mass is 412 g/mol. The Labute approximate surface area is 163 Å². The lowest BCUT2D eigenvalue weighted by molar-refractivity contribution is -0.119. The Balaban J connectivity index is 2.20. The molecule has 0 heterocycles. The largest absolute Gasteiger partial charge is 0.496 e. The first-order valence-electron chi connectivity index (χ1n) is 7.96. The molecule has 0 radical (unpaired) electrons. The Bertz CT molecular complexity index is 918. The van der Waals surface area contributed by atoms with Gasteiger partial charge < -0.3 is 14.8 Å². The van der Waals surface area contributed by atoms with Crippen molar-refractivity contribution in [2.24, 2.45) is 0 Å². The van der Waals surface area contributed by atoms with Crippen molar-refractivity contribution < 1.29 is 22.7 Å². The van der Waals surface area contributed by atoms with Crippen LogP contribution >= 0.6 is 11.6 Å². The maximum absolute atomic E-state index is 12.4. The molecule has 0 atom stereocenters. The van der Waals surface area contributed by atoms with Gasteiger partial charge in [-0.15, -0.1) is 0 Å². The zero-order valence-corrected chi connectivity index (χ0v) is 16.8. The third-order valence-electron chi connectivity index (χ3n) is 3.77. The summed E-state index contributed by atoms with van der Waals surface area (Å²) in [5.41, 5.74) is 0.972. The van der Waals surface area contributed by atoms with Crippen LogP contribution in [0.3, 0.4) is 0 Å². The molecule has 0 saturated carbocycles. The molecule has 0 aliphatic heterocycles. The average Bonchev–Trinajstić information content (AvgIpc) is 2.63. The Morgan fingerprint density at radius 1 is 1.11 bits per heavy atom. The summed E-state index contributed by atoms with van der Waals surface area (Å²) in [6, 6.07) is 11.8. The van der Waals surface area contributed by atoms with Crippen molar-refractivity contribution in [2.45, 2.75) is 6.54 Å². The number of amides is 1. The highest BCUT2D eigenvalue weighted by molar-refractivity contribution is 7.92. The van der Waals surface area contributed by atoms with E-state index in [-0.39, 0.29) is 12.2 Å². The minimum Gasteiger partial charge on any atom is -0.496 e. The number of benzene rings is 2. The van der Waals surface area contributed by atoms with Crippen molar-refractivity contribution in [1.29, 1.82) is 0 Å². The fourth-order valence-corrected chi connectivity index (χ4v) is 3.49. The number of rotatable bonds is 8. The van der Waals surface area contributed by atoms with E-state index in [2.05, 4.69) is 5.32 Å². The van der Waals surface area contributed by atoms with Crippen molar-refractivity contribution in [3.63, 3.8) is 0 Å². The molecule has 0 saturated heterocycles. The van der Waals surface area contributed by atoms with Gasteiger partial charge in [0.2, 0.25) is 15.9 Å². The van der Waals surface area contributed by atoms with Crippen molar-refractivity contribution in [2.75, 3.05) is 31.3 Å². The lowest BCUT2D eigenvalue weighted by atomic mass is 10.2. The van der Waals surface area contributed by atoms with E-state index in [1.807, 2.05) is 18.2 Å². The third-order valence-corrected chi connectivity index (χ3v) is 5.13. The molecule has 1 amide bonds. The zero-order chi connectivity index (χ0) is 20.0. The van der Waals surface area contributed by atoms with Gasteiger partial charge in [0, 0.05) is 17.1 Å². The molecule has 2 aromatic carbocycles. The van der Waals surface area contributed by atoms with Crippen LogP contribution in [0.2, 0.25) is 5.02 Å². The smallest absolute Gasteiger partial charge is 0.241 e.